The van der Waals surface area contributed by atoms with Gasteiger partial charge in [0.15, 0.2) is 46.5 Å². The van der Waals surface area contributed by atoms with Gasteiger partial charge in [-0.3, -0.25) is 70.8 Å². The Balaban J connectivity index is 0.000000115. The summed E-state index contributed by atoms with van der Waals surface area (Å²) in [5.74, 6) is 4.51. The minimum atomic E-state index is -0.277. The summed E-state index contributed by atoms with van der Waals surface area (Å²) in [6, 6.07) is 32.4. The van der Waals surface area contributed by atoms with E-state index in [4.69, 9.17) is 35.2 Å². The lowest BCUT2D eigenvalue weighted by Crippen LogP contribution is -2.48. The standard InChI is InChI=1S/C23H25N7O2.C22H23N7O.C21H18N8O.C20H16N8O/c1-14(2)32-21-12-24-11-20(27-21)28-23(31)30-17-7-9-29(13-17)19-5-4-18(26-22(19)30)16-6-8-25-15(3)10-16;1-3-16-11-25-20(12-24-16)27-22(30)29-17-8-9-28(13-17)19-7-6-18(26-21(19)29)15-5-4-14(2)23-10-15;1-13-8-14(10-25-17(13)9-22)16-2-3-18-20(26-16)29(15-4-7-28(18)12-15)21(30)27-19-11-23-5-6-24-19;21-9-14-2-1-13(10-24-14)16-3-4-17-19(25-16)28(15-5-8-27(17)12-15)20(29)26-18-11-22-6-7-23-18/h4-6,8,10-12,14,17H,7,9,13H2,1-3H3,(H,27,28,31);4-7,10-12,17H,3,8-9,13H2,1-2H3,(H,25,27,30);2-3,5-6,8,10-11,15H,4,7,12H2,1H3,(H,24,27,30);1-4,6-7,10-11,15H,5,8,12H2,(H,23,26,29)/t2*17-;2*15-/m0000/s1. The molecule has 8 bridgehead atoms. The minimum Gasteiger partial charge on any atom is -0.474 e. The van der Waals surface area contributed by atoms with Crippen molar-refractivity contribution < 1.29 is 23.9 Å². The molecule has 0 aromatic carbocycles. The van der Waals surface area contributed by atoms with Gasteiger partial charge in [-0.15, -0.1) is 0 Å². The van der Waals surface area contributed by atoms with E-state index in [0.29, 0.717) is 75.2 Å². The van der Waals surface area contributed by atoms with E-state index in [9.17, 15) is 19.2 Å². The van der Waals surface area contributed by atoms with Crippen molar-refractivity contribution in [1.82, 2.24) is 79.7 Å². The highest BCUT2D eigenvalue weighted by Gasteiger charge is 2.45. The highest BCUT2D eigenvalue weighted by Crippen LogP contribution is 2.45. The predicted molar refractivity (Wildman–Crippen MR) is 455 cm³/mol. The highest BCUT2D eigenvalue weighted by atomic mass is 16.5. The zero-order valence-electron chi connectivity index (χ0n) is 67.0. The summed E-state index contributed by atoms with van der Waals surface area (Å²) in [5.41, 5.74) is 14.6. The number of aryl methyl sites for hydroxylation is 4. The van der Waals surface area contributed by atoms with Crippen LogP contribution >= 0.6 is 0 Å². The molecule has 4 atom stereocenters. The number of carbonyl (C=O) groups is 4. The number of fused-ring (bicyclic) bond motifs is 16. The Morgan fingerprint density at radius 2 is 0.868 bits per heavy atom. The molecule has 0 saturated carbocycles. The Morgan fingerprint density at radius 1 is 0.413 bits per heavy atom. The Labute approximate surface area is 695 Å². The number of nitrogens with one attached hydrogen (secondary N) is 4. The van der Waals surface area contributed by atoms with Gasteiger partial charge in [0.2, 0.25) is 5.88 Å². The van der Waals surface area contributed by atoms with Gasteiger partial charge >= 0.3 is 24.1 Å². The molecule has 12 aromatic heterocycles. The predicted octanol–water partition coefficient (Wildman–Crippen LogP) is 12.3. The minimum absolute atomic E-state index is 0.0341. The molecule has 606 valence electrons. The van der Waals surface area contributed by atoms with Crippen molar-refractivity contribution in [2.45, 2.75) is 104 Å². The summed E-state index contributed by atoms with van der Waals surface area (Å²) >= 11 is 0. The fraction of sp³-hybridized carbons (Fsp3) is 0.279. The fourth-order valence-corrected chi connectivity index (χ4v) is 16.0. The second-order valence-corrected chi connectivity index (χ2v) is 30.2. The maximum absolute atomic E-state index is 13.4. The largest absolute Gasteiger partial charge is 0.474 e. The lowest BCUT2D eigenvalue weighted by Gasteiger charge is -2.35. The number of nitrogens with zero attached hydrogens (tertiary/aromatic N) is 26. The molecule has 0 aliphatic carbocycles. The molecule has 0 radical (unpaired) electrons. The van der Waals surface area contributed by atoms with Gasteiger partial charge in [0.05, 0.1) is 119 Å². The number of carbonyl (C=O) groups excluding carboxylic acids is 4. The number of urea groups is 4. The van der Waals surface area contributed by atoms with Crippen LogP contribution < -0.4 is 65.2 Å². The van der Waals surface area contributed by atoms with Crippen molar-refractivity contribution in [3.05, 3.63) is 212 Å². The molecule has 20 heterocycles. The first kappa shape index (κ1) is 78.1. The summed E-state index contributed by atoms with van der Waals surface area (Å²) in [6.45, 7) is 18.3. The monoisotopic (exact) mass is 1610 g/mol. The summed E-state index contributed by atoms with van der Waals surface area (Å²) in [7, 11) is 0. The van der Waals surface area contributed by atoms with E-state index in [0.717, 1.165) is 163 Å². The lowest BCUT2D eigenvalue weighted by molar-refractivity contribution is 0.232. The average Bonchev–Trinajstić information content (AvgIpc) is 1.66. The molecule has 4 N–H and O–H groups in total. The molecule has 12 aromatic rings. The van der Waals surface area contributed by atoms with Gasteiger partial charge < -0.3 is 24.3 Å². The number of ether oxygens (including phenoxy) is 1. The zero-order chi connectivity index (χ0) is 83.4. The van der Waals surface area contributed by atoms with Crippen molar-refractivity contribution in [3.63, 3.8) is 0 Å². The SMILES string of the molecule is CCc1cnc(NC(=O)N2c3nc(-c4ccc(C)nc4)ccc3N3CC[C@H]2C3)cn1.Cc1cc(-c2ccc3c(n2)N(C(=O)Nc2cncc(OC(C)C)n2)[C@H]2CCN3C2)ccn1.Cc1cc(-c2ccc3c(n2)N(C(=O)Nc2cnccn2)[C@H]2CCN3C2)cnc1C#N.N#Cc1ccc(-c2ccc3c(n2)N(C(=O)Nc2cnccn2)[C@H]2CCN3C2)cn1. The van der Waals surface area contributed by atoms with Crippen LogP contribution in [0.25, 0.3) is 45.0 Å². The van der Waals surface area contributed by atoms with Crippen molar-refractivity contribution in [3.8, 4) is 63.0 Å². The smallest absolute Gasteiger partial charge is 0.329 e. The Bertz CT molecular complexity index is 5980. The maximum atomic E-state index is 13.4. The van der Waals surface area contributed by atoms with Crippen LogP contribution in [0.3, 0.4) is 0 Å². The Kier molecular flexibility index (Phi) is 22.0. The second kappa shape index (κ2) is 34.0. The number of nitriles is 2. The van der Waals surface area contributed by atoms with E-state index in [1.165, 1.54) is 37.2 Å². The van der Waals surface area contributed by atoms with Crippen LogP contribution in [0, 0.1) is 43.4 Å². The zero-order valence-corrected chi connectivity index (χ0v) is 67.0. The lowest BCUT2D eigenvalue weighted by atomic mass is 10.1. The average molecular weight is 1620 g/mol. The van der Waals surface area contributed by atoms with Gasteiger partial charge in [-0.05, 0) is 163 Å². The van der Waals surface area contributed by atoms with Crippen LogP contribution in [0.5, 0.6) is 5.88 Å². The van der Waals surface area contributed by atoms with Crippen molar-refractivity contribution in [2.24, 2.45) is 0 Å². The summed E-state index contributed by atoms with van der Waals surface area (Å²) in [6.07, 6.45) is 26.7. The third-order valence-electron chi connectivity index (χ3n) is 21.8. The highest BCUT2D eigenvalue weighted by molar-refractivity contribution is 6.07. The molecule has 35 nitrogen and oxygen atoms in total. The topological polar surface area (TPSA) is 405 Å². The van der Waals surface area contributed by atoms with Crippen molar-refractivity contribution >= 4 is 93.4 Å². The van der Waals surface area contributed by atoms with Crippen LogP contribution in [0.2, 0.25) is 0 Å². The van der Waals surface area contributed by atoms with Gasteiger partial charge in [0, 0.05) is 136 Å². The number of amides is 8. The Hall–Kier alpha value is -15.4. The quantitative estimate of drug-likeness (QED) is 0.0934. The van der Waals surface area contributed by atoms with Crippen LogP contribution in [0.15, 0.2) is 178 Å². The van der Waals surface area contributed by atoms with Crippen LogP contribution in [-0.2, 0) is 6.42 Å². The molecule has 8 amide bonds. The molecule has 4 fully saturated rings. The maximum Gasteiger partial charge on any atom is 0.329 e. The second-order valence-electron chi connectivity index (χ2n) is 30.2. The van der Waals surface area contributed by atoms with Gasteiger partial charge in [0.1, 0.15) is 23.5 Å². The van der Waals surface area contributed by atoms with E-state index in [1.54, 1.807) is 69.0 Å². The first-order valence-corrected chi connectivity index (χ1v) is 39.8. The van der Waals surface area contributed by atoms with Gasteiger partial charge in [-0.1, -0.05) is 6.92 Å². The third-order valence-corrected chi connectivity index (χ3v) is 21.8. The molecule has 121 heavy (non-hydrogen) atoms. The fourth-order valence-electron chi connectivity index (χ4n) is 16.0. The summed E-state index contributed by atoms with van der Waals surface area (Å²) < 4.78 is 5.60. The number of hydrogen-bond donors (Lipinski definition) is 4. The van der Waals surface area contributed by atoms with Gasteiger partial charge in [-0.25, -0.2) is 64.0 Å². The molecular formula is C86H82N30O5. The van der Waals surface area contributed by atoms with Crippen LogP contribution in [-0.4, -0.2) is 186 Å². The van der Waals surface area contributed by atoms with E-state index >= 15 is 0 Å². The normalized spacial score (nSPS) is 16.9. The summed E-state index contributed by atoms with van der Waals surface area (Å²) in [5, 5.41) is 29.5. The number of rotatable bonds is 11. The van der Waals surface area contributed by atoms with Crippen molar-refractivity contribution in [1.29, 1.82) is 10.5 Å². The molecule has 20 rings (SSSR count). The van der Waals surface area contributed by atoms with E-state index in [2.05, 4.69) is 113 Å². The van der Waals surface area contributed by atoms with Gasteiger partial charge in [0.25, 0.3) is 0 Å². The molecular weight excluding hydrogens is 1530 g/mol. The van der Waals surface area contributed by atoms with Crippen LogP contribution in [0.4, 0.5) is 88.5 Å². The number of hydrogen-bond acceptors (Lipinski definition) is 27. The number of aromatic nitrogens is 16. The molecule has 0 unspecified atom stereocenters. The first-order chi connectivity index (χ1) is 59.0. The molecule has 35 heteroatoms. The van der Waals surface area contributed by atoms with Gasteiger partial charge in [-0.2, -0.15) is 15.5 Å². The van der Waals surface area contributed by atoms with Crippen LogP contribution in [0.1, 0.15) is 80.5 Å². The molecule has 8 aliphatic rings. The molecule has 4 saturated heterocycles. The summed E-state index contributed by atoms with van der Waals surface area (Å²) in [4.78, 5) is 139. The van der Waals surface area contributed by atoms with Crippen molar-refractivity contribution in [2.75, 3.05) is 113 Å². The Morgan fingerprint density at radius 3 is 1.27 bits per heavy atom. The van der Waals surface area contributed by atoms with E-state index in [1.807, 2.05) is 133 Å². The number of pyridine rings is 8. The first-order valence-electron chi connectivity index (χ1n) is 39.8. The number of anilines is 12. The molecule has 8 aliphatic heterocycles. The van der Waals surface area contributed by atoms with E-state index < -0.39 is 0 Å². The van der Waals surface area contributed by atoms with E-state index in [-0.39, 0.29) is 54.4 Å². The molecule has 0 spiro atoms. The third kappa shape index (κ3) is 16.6.